The first-order valence-electron chi connectivity index (χ1n) is 3.97. The fourth-order valence-corrected chi connectivity index (χ4v) is 1.19. The average molecular weight is 165 g/mol. The number of hydrogen-bond donors (Lipinski definition) is 1. The number of aryl methyl sites for hydroxylation is 1. The summed E-state index contributed by atoms with van der Waals surface area (Å²) in [6, 6.07) is 0. The summed E-state index contributed by atoms with van der Waals surface area (Å²) >= 11 is 0. The molecule has 4 nitrogen and oxygen atoms in total. The lowest BCUT2D eigenvalue weighted by atomic mass is 10.2. The van der Waals surface area contributed by atoms with Crippen LogP contribution in [0.15, 0.2) is 12.4 Å². The second-order valence-electron chi connectivity index (χ2n) is 3.07. The normalized spacial score (nSPS) is 17.7. The van der Waals surface area contributed by atoms with Gasteiger partial charge in [-0.1, -0.05) is 0 Å². The lowest BCUT2D eigenvalue weighted by Gasteiger charge is -2.36. The largest absolute Gasteiger partial charge is 0.389 e. The van der Waals surface area contributed by atoms with E-state index in [9.17, 15) is 0 Å². The molecule has 1 aromatic heterocycles. The minimum absolute atomic E-state index is 0.187. The Kier molecular flexibility index (Phi) is 1.69. The van der Waals surface area contributed by atoms with Crippen molar-refractivity contribution >= 4 is 5.82 Å². The van der Waals surface area contributed by atoms with Crippen LogP contribution in [0.3, 0.4) is 0 Å². The maximum atomic E-state index is 9.04. The van der Waals surface area contributed by atoms with Gasteiger partial charge in [-0.3, -0.25) is 4.98 Å². The van der Waals surface area contributed by atoms with Gasteiger partial charge in [0, 0.05) is 13.1 Å². The summed E-state index contributed by atoms with van der Waals surface area (Å²) in [7, 11) is 0. The van der Waals surface area contributed by atoms with Gasteiger partial charge in [-0.05, 0) is 6.92 Å². The molecule has 2 rings (SSSR count). The molecule has 0 unspecified atom stereocenters. The van der Waals surface area contributed by atoms with Gasteiger partial charge in [0.2, 0.25) is 0 Å². The van der Waals surface area contributed by atoms with Crippen molar-refractivity contribution < 1.29 is 5.11 Å². The molecule has 0 atom stereocenters. The van der Waals surface area contributed by atoms with Crippen molar-refractivity contribution in [3.63, 3.8) is 0 Å². The van der Waals surface area contributed by atoms with Crippen molar-refractivity contribution in [2.24, 2.45) is 0 Å². The van der Waals surface area contributed by atoms with Gasteiger partial charge < -0.3 is 10.0 Å². The molecule has 0 saturated carbocycles. The minimum Gasteiger partial charge on any atom is -0.389 e. The van der Waals surface area contributed by atoms with Gasteiger partial charge in [0.15, 0.2) is 0 Å². The zero-order valence-corrected chi connectivity index (χ0v) is 6.94. The summed E-state index contributed by atoms with van der Waals surface area (Å²) in [6.45, 7) is 3.26. The Morgan fingerprint density at radius 1 is 1.42 bits per heavy atom. The highest BCUT2D eigenvalue weighted by Gasteiger charge is 2.25. The van der Waals surface area contributed by atoms with Crippen molar-refractivity contribution in [1.29, 1.82) is 0 Å². The number of β-amino-alcohol motifs (C(OH)–C–C–N with tert-alkyl or cyclic N) is 1. The number of aliphatic hydroxyl groups excluding tert-OH is 1. The summed E-state index contributed by atoms with van der Waals surface area (Å²) in [4.78, 5) is 10.3. The maximum Gasteiger partial charge on any atom is 0.147 e. The molecule has 0 aliphatic carbocycles. The highest BCUT2D eigenvalue weighted by molar-refractivity contribution is 5.39. The molecule has 0 bridgehead atoms. The van der Waals surface area contributed by atoms with Crippen LogP contribution in [0.4, 0.5) is 5.82 Å². The van der Waals surface area contributed by atoms with Crippen molar-refractivity contribution in [2.75, 3.05) is 18.0 Å². The van der Waals surface area contributed by atoms with E-state index in [4.69, 9.17) is 5.11 Å². The Bertz CT molecular complexity index is 266. The summed E-state index contributed by atoms with van der Waals surface area (Å²) in [5.74, 6) is 0.853. The highest BCUT2D eigenvalue weighted by Crippen LogP contribution is 2.16. The molecule has 64 valence electrons. The van der Waals surface area contributed by atoms with Crippen LogP contribution in [0.2, 0.25) is 0 Å². The van der Waals surface area contributed by atoms with E-state index in [-0.39, 0.29) is 6.10 Å². The molecule has 0 amide bonds. The van der Waals surface area contributed by atoms with E-state index in [2.05, 4.69) is 9.97 Å². The number of anilines is 1. The first-order chi connectivity index (χ1) is 5.75. The van der Waals surface area contributed by atoms with E-state index in [1.54, 1.807) is 12.4 Å². The Balaban J connectivity index is 2.09. The van der Waals surface area contributed by atoms with E-state index in [0.29, 0.717) is 13.1 Å². The van der Waals surface area contributed by atoms with Gasteiger partial charge in [0.25, 0.3) is 0 Å². The fourth-order valence-electron chi connectivity index (χ4n) is 1.19. The van der Waals surface area contributed by atoms with Crippen LogP contribution in [0.1, 0.15) is 5.69 Å². The van der Waals surface area contributed by atoms with Crippen molar-refractivity contribution in [3.05, 3.63) is 18.1 Å². The smallest absolute Gasteiger partial charge is 0.147 e. The van der Waals surface area contributed by atoms with Crippen LogP contribution in [0, 0.1) is 6.92 Å². The zero-order valence-electron chi connectivity index (χ0n) is 6.94. The molecule has 1 aliphatic rings. The molecule has 0 spiro atoms. The second-order valence-corrected chi connectivity index (χ2v) is 3.07. The van der Waals surface area contributed by atoms with E-state index in [0.717, 1.165) is 11.5 Å². The molecule has 2 heterocycles. The van der Waals surface area contributed by atoms with Crippen LogP contribution in [-0.4, -0.2) is 34.3 Å². The molecule has 0 radical (unpaired) electrons. The summed E-state index contributed by atoms with van der Waals surface area (Å²) < 4.78 is 0. The molecule has 12 heavy (non-hydrogen) atoms. The predicted octanol–water partition coefficient (Wildman–Crippen LogP) is -0.0341. The van der Waals surface area contributed by atoms with Gasteiger partial charge in [-0.2, -0.15) is 0 Å². The molecule has 0 aromatic carbocycles. The predicted molar refractivity (Wildman–Crippen MR) is 45.0 cm³/mol. The summed E-state index contributed by atoms with van der Waals surface area (Å²) in [6.07, 6.45) is 3.29. The molecule has 4 heteroatoms. The first-order valence-corrected chi connectivity index (χ1v) is 3.97. The molecule has 1 saturated heterocycles. The standard InChI is InChI=1S/C8H11N3O/c1-6-2-10-8(3-9-6)11-4-7(12)5-11/h2-3,7,12H,4-5H2,1H3. The van der Waals surface area contributed by atoms with Gasteiger partial charge in [0.05, 0.1) is 24.2 Å². The van der Waals surface area contributed by atoms with E-state index < -0.39 is 0 Å². The van der Waals surface area contributed by atoms with Crippen molar-refractivity contribution in [2.45, 2.75) is 13.0 Å². The van der Waals surface area contributed by atoms with Crippen molar-refractivity contribution in [3.8, 4) is 0 Å². The minimum atomic E-state index is -0.187. The Labute approximate surface area is 70.9 Å². The molecule has 1 fully saturated rings. The van der Waals surface area contributed by atoms with Crippen LogP contribution >= 0.6 is 0 Å². The molecular formula is C8H11N3O. The molecule has 1 aliphatic heterocycles. The van der Waals surface area contributed by atoms with Crippen molar-refractivity contribution in [1.82, 2.24) is 9.97 Å². The third-order valence-electron chi connectivity index (χ3n) is 1.95. The number of aromatic nitrogens is 2. The number of aliphatic hydroxyl groups is 1. The van der Waals surface area contributed by atoms with Crippen LogP contribution in [0.25, 0.3) is 0 Å². The third kappa shape index (κ3) is 1.25. The molecular weight excluding hydrogens is 154 g/mol. The van der Waals surface area contributed by atoms with Crippen LogP contribution in [0.5, 0.6) is 0 Å². The number of nitrogens with zero attached hydrogens (tertiary/aromatic N) is 3. The van der Waals surface area contributed by atoms with Crippen LogP contribution in [-0.2, 0) is 0 Å². The quantitative estimate of drug-likeness (QED) is 0.634. The maximum absolute atomic E-state index is 9.04. The molecule has 1 aromatic rings. The Morgan fingerprint density at radius 2 is 2.17 bits per heavy atom. The lowest BCUT2D eigenvalue weighted by Crippen LogP contribution is -2.51. The topological polar surface area (TPSA) is 49.2 Å². The average Bonchev–Trinajstić information content (AvgIpc) is 2.01. The van der Waals surface area contributed by atoms with Crippen LogP contribution < -0.4 is 4.90 Å². The van der Waals surface area contributed by atoms with E-state index >= 15 is 0 Å². The van der Waals surface area contributed by atoms with Gasteiger partial charge in [-0.25, -0.2) is 4.98 Å². The fraction of sp³-hybridized carbons (Fsp3) is 0.500. The van der Waals surface area contributed by atoms with E-state index in [1.807, 2.05) is 11.8 Å². The van der Waals surface area contributed by atoms with Gasteiger partial charge in [-0.15, -0.1) is 0 Å². The van der Waals surface area contributed by atoms with E-state index in [1.165, 1.54) is 0 Å². The highest BCUT2D eigenvalue weighted by atomic mass is 16.3. The molecule has 1 N–H and O–H groups in total. The second kappa shape index (κ2) is 2.71. The lowest BCUT2D eigenvalue weighted by molar-refractivity contribution is 0.141. The number of rotatable bonds is 1. The zero-order chi connectivity index (χ0) is 8.55. The monoisotopic (exact) mass is 165 g/mol. The third-order valence-corrected chi connectivity index (χ3v) is 1.95. The first kappa shape index (κ1) is 7.49. The van der Waals surface area contributed by atoms with Gasteiger partial charge in [0.1, 0.15) is 5.82 Å². The summed E-state index contributed by atoms with van der Waals surface area (Å²) in [5, 5.41) is 9.04. The number of hydrogen-bond acceptors (Lipinski definition) is 4. The Hall–Kier alpha value is -1.16. The summed E-state index contributed by atoms with van der Waals surface area (Å²) in [5.41, 5.74) is 0.917. The van der Waals surface area contributed by atoms with Gasteiger partial charge >= 0.3 is 0 Å². The Morgan fingerprint density at radius 3 is 2.67 bits per heavy atom. The SMILES string of the molecule is Cc1cnc(N2CC(O)C2)cn1.